The first-order valence-electron chi connectivity index (χ1n) is 8.58. The van der Waals surface area contributed by atoms with Gasteiger partial charge in [0.2, 0.25) is 11.8 Å². The number of carbonyl (C=O) groups excluding carboxylic acids is 2. The molecule has 1 heterocycles. The predicted octanol–water partition coefficient (Wildman–Crippen LogP) is 2.70. The van der Waals surface area contributed by atoms with Crippen molar-refractivity contribution in [2.24, 2.45) is 15.9 Å². The van der Waals surface area contributed by atoms with Gasteiger partial charge in [-0.25, -0.2) is 4.90 Å². The number of hydrogen-bond acceptors (Lipinski definition) is 7. The first kappa shape index (κ1) is 20.2. The summed E-state index contributed by atoms with van der Waals surface area (Å²) in [6.07, 6.45) is -0.0796. The number of benzene rings is 2. The number of amides is 2. The number of nitrogens with zero attached hydrogens (tertiary/aromatic N) is 4. The number of carbonyl (C=O) groups is 2. The van der Waals surface area contributed by atoms with Crippen molar-refractivity contribution in [3.8, 4) is 0 Å². The van der Waals surface area contributed by atoms with Gasteiger partial charge in [0.1, 0.15) is 5.25 Å². The molecule has 148 valence electrons. The highest BCUT2D eigenvalue weighted by Gasteiger charge is 2.41. The number of nitro groups is 1. The summed E-state index contributed by atoms with van der Waals surface area (Å²) in [4.78, 5) is 36.3. The number of nitro benzene ring substituents is 1. The molecular formula is C19H17N5O4S. The minimum Gasteiger partial charge on any atom is -0.377 e. The highest BCUT2D eigenvalue weighted by Crippen LogP contribution is 2.31. The highest BCUT2D eigenvalue weighted by atomic mass is 32.2. The van der Waals surface area contributed by atoms with Crippen LogP contribution in [0.4, 0.5) is 11.4 Å². The van der Waals surface area contributed by atoms with Crippen LogP contribution in [0.15, 0.2) is 64.8 Å². The van der Waals surface area contributed by atoms with Gasteiger partial charge < -0.3 is 5.73 Å². The van der Waals surface area contributed by atoms with Crippen LogP contribution in [0.2, 0.25) is 0 Å². The fourth-order valence-electron chi connectivity index (χ4n) is 2.74. The summed E-state index contributed by atoms with van der Waals surface area (Å²) in [7, 11) is 0. The Kier molecular flexibility index (Phi) is 6.03. The van der Waals surface area contributed by atoms with Gasteiger partial charge in [0.05, 0.1) is 16.3 Å². The lowest BCUT2D eigenvalue weighted by Gasteiger charge is -2.14. The molecule has 1 aliphatic rings. The lowest BCUT2D eigenvalue weighted by atomic mass is 10.1. The Bertz CT molecular complexity index is 1020. The zero-order valence-corrected chi connectivity index (χ0v) is 16.2. The molecule has 1 atom stereocenters. The van der Waals surface area contributed by atoms with E-state index in [1.54, 1.807) is 6.92 Å². The minimum atomic E-state index is -0.766. The predicted molar refractivity (Wildman–Crippen MR) is 112 cm³/mol. The van der Waals surface area contributed by atoms with E-state index in [9.17, 15) is 19.7 Å². The Morgan fingerprint density at radius 1 is 1.17 bits per heavy atom. The summed E-state index contributed by atoms with van der Waals surface area (Å²) in [5.41, 5.74) is 7.37. The number of thioether (sulfide) groups is 1. The first-order chi connectivity index (χ1) is 13.9. The molecule has 0 bridgehead atoms. The average Bonchev–Trinajstić information content (AvgIpc) is 2.99. The van der Waals surface area contributed by atoms with Gasteiger partial charge in [0.15, 0.2) is 5.17 Å². The monoisotopic (exact) mass is 411 g/mol. The maximum absolute atomic E-state index is 12.7. The number of imide groups is 1. The lowest BCUT2D eigenvalue weighted by molar-refractivity contribution is -0.384. The lowest BCUT2D eigenvalue weighted by Crippen LogP contribution is -2.31. The number of non-ortho nitro benzene ring substituents is 1. The molecule has 1 fully saturated rings. The van der Waals surface area contributed by atoms with Crippen LogP contribution in [0, 0.1) is 10.1 Å². The van der Waals surface area contributed by atoms with Crippen LogP contribution in [0.1, 0.15) is 18.9 Å². The van der Waals surface area contributed by atoms with E-state index in [1.807, 2.05) is 30.3 Å². The summed E-state index contributed by atoms with van der Waals surface area (Å²) in [6.45, 7) is 1.78. The zero-order valence-electron chi connectivity index (χ0n) is 15.4. The van der Waals surface area contributed by atoms with E-state index >= 15 is 0 Å². The minimum absolute atomic E-state index is 0.0484. The second-order valence-electron chi connectivity index (χ2n) is 6.14. The van der Waals surface area contributed by atoms with Gasteiger partial charge in [-0.1, -0.05) is 48.2 Å². The second kappa shape index (κ2) is 8.65. The van der Waals surface area contributed by atoms with Crippen LogP contribution < -0.4 is 10.6 Å². The van der Waals surface area contributed by atoms with Crippen molar-refractivity contribution >= 4 is 45.8 Å². The first-order valence-corrected chi connectivity index (χ1v) is 9.46. The number of anilines is 1. The Morgan fingerprint density at radius 2 is 1.90 bits per heavy atom. The summed E-state index contributed by atoms with van der Waals surface area (Å²) in [5.74, 6) is -0.952. The molecule has 0 spiro atoms. The van der Waals surface area contributed by atoms with Crippen LogP contribution in [-0.2, 0) is 9.59 Å². The average molecular weight is 411 g/mol. The molecule has 0 radical (unpaired) electrons. The second-order valence-corrected chi connectivity index (χ2v) is 7.37. The van der Waals surface area contributed by atoms with Crippen molar-refractivity contribution in [1.29, 1.82) is 0 Å². The molecule has 1 saturated heterocycles. The van der Waals surface area contributed by atoms with Gasteiger partial charge in [0.25, 0.3) is 5.69 Å². The van der Waals surface area contributed by atoms with Crippen molar-refractivity contribution in [3.05, 3.63) is 70.3 Å². The molecule has 0 saturated carbocycles. The van der Waals surface area contributed by atoms with Crippen LogP contribution in [0.5, 0.6) is 0 Å². The largest absolute Gasteiger partial charge is 0.377 e. The highest BCUT2D eigenvalue weighted by molar-refractivity contribution is 8.14. The van der Waals surface area contributed by atoms with E-state index < -0.39 is 22.0 Å². The molecule has 0 aliphatic carbocycles. The Labute approximate surface area is 170 Å². The number of rotatable bonds is 5. The Morgan fingerprint density at radius 3 is 2.59 bits per heavy atom. The topological polar surface area (TPSA) is 131 Å². The molecule has 0 aromatic heterocycles. The van der Waals surface area contributed by atoms with Crippen molar-refractivity contribution in [1.82, 2.24) is 0 Å². The zero-order chi connectivity index (χ0) is 21.0. The van der Waals surface area contributed by atoms with Crippen LogP contribution >= 0.6 is 11.8 Å². The Hall–Kier alpha value is -3.53. The fourth-order valence-corrected chi connectivity index (χ4v) is 3.56. The van der Waals surface area contributed by atoms with Gasteiger partial charge in [0, 0.05) is 18.6 Å². The summed E-state index contributed by atoms with van der Waals surface area (Å²) in [6, 6.07) is 14.8. The molecule has 2 aromatic carbocycles. The standard InChI is InChI=1S/C19H17N5O4S/c1-12(13-6-3-2-4-7-13)21-22-19(20)29-16-11-17(25)23(18(16)26)14-8-5-9-15(10-14)24(27)28/h2-10,16H,11H2,1H3,(H2,20,22)/t16-/m0/s1. The van der Waals surface area contributed by atoms with Crippen LogP contribution in [-0.4, -0.2) is 32.9 Å². The van der Waals surface area contributed by atoms with E-state index in [0.29, 0.717) is 5.71 Å². The van der Waals surface area contributed by atoms with Gasteiger partial charge in [-0.2, -0.15) is 5.10 Å². The summed E-state index contributed by atoms with van der Waals surface area (Å²) in [5, 5.41) is 18.2. The molecule has 2 aromatic rings. The van der Waals surface area contributed by atoms with Gasteiger partial charge in [-0.3, -0.25) is 19.7 Å². The van der Waals surface area contributed by atoms with Gasteiger partial charge >= 0.3 is 0 Å². The van der Waals surface area contributed by atoms with E-state index in [2.05, 4.69) is 10.2 Å². The normalized spacial score (nSPS) is 17.7. The summed E-state index contributed by atoms with van der Waals surface area (Å²) >= 11 is 0.940. The maximum Gasteiger partial charge on any atom is 0.271 e. The Balaban J connectivity index is 1.73. The number of hydrogen-bond donors (Lipinski definition) is 1. The van der Waals surface area contributed by atoms with Crippen molar-refractivity contribution in [2.75, 3.05) is 4.90 Å². The molecule has 9 nitrogen and oxygen atoms in total. The van der Waals surface area contributed by atoms with Crippen LogP contribution in [0.3, 0.4) is 0 Å². The molecule has 2 N–H and O–H groups in total. The van der Waals surface area contributed by atoms with Crippen molar-refractivity contribution < 1.29 is 14.5 Å². The molecular weight excluding hydrogens is 394 g/mol. The SMILES string of the molecule is CC(=NN=C(N)S[C@H]1CC(=O)N(c2cccc([N+](=O)[O-])c2)C1=O)c1ccccc1. The maximum atomic E-state index is 12.7. The third-order valence-electron chi connectivity index (χ3n) is 4.16. The molecule has 3 rings (SSSR count). The van der Waals surface area contributed by atoms with Gasteiger partial charge in [-0.15, -0.1) is 5.10 Å². The van der Waals surface area contributed by atoms with E-state index in [-0.39, 0.29) is 23.0 Å². The third-order valence-corrected chi connectivity index (χ3v) is 5.13. The van der Waals surface area contributed by atoms with Crippen LogP contribution in [0.25, 0.3) is 0 Å². The van der Waals surface area contributed by atoms with Crippen molar-refractivity contribution in [2.45, 2.75) is 18.6 Å². The molecule has 1 aliphatic heterocycles. The number of nitrogens with two attached hydrogens (primary N) is 1. The molecule has 0 unspecified atom stereocenters. The van der Waals surface area contributed by atoms with E-state index in [0.717, 1.165) is 22.2 Å². The molecule has 2 amide bonds. The number of amidine groups is 1. The summed E-state index contributed by atoms with van der Waals surface area (Å²) < 4.78 is 0. The quantitative estimate of drug-likeness (QED) is 0.265. The van der Waals surface area contributed by atoms with E-state index in [1.165, 1.54) is 24.3 Å². The van der Waals surface area contributed by atoms with Gasteiger partial charge in [-0.05, 0) is 18.6 Å². The smallest absolute Gasteiger partial charge is 0.271 e. The van der Waals surface area contributed by atoms with Crippen molar-refractivity contribution in [3.63, 3.8) is 0 Å². The molecule has 10 heteroatoms. The van der Waals surface area contributed by atoms with E-state index in [4.69, 9.17) is 5.73 Å². The third kappa shape index (κ3) is 4.66. The molecule has 29 heavy (non-hydrogen) atoms. The fraction of sp³-hybridized carbons (Fsp3) is 0.158.